The molecule has 0 saturated carbocycles. The maximum Gasteiger partial charge on any atom is 0.269 e. The third-order valence-corrected chi connectivity index (χ3v) is 3.01. The Morgan fingerprint density at radius 3 is 2.23 bits per heavy atom. The monoisotopic (exact) mass is 298 g/mol. The maximum absolute atomic E-state index is 12.0. The summed E-state index contributed by atoms with van der Waals surface area (Å²) in [4.78, 5) is 23.9. The number of hydrazine groups is 1. The van der Waals surface area contributed by atoms with Crippen LogP contribution in [-0.4, -0.2) is 18.4 Å². The van der Waals surface area contributed by atoms with Crippen LogP contribution in [0.2, 0.25) is 0 Å². The number of carbonyl (C=O) groups excluding carboxylic acids is 2. The molecule has 0 spiro atoms. The van der Waals surface area contributed by atoms with Crippen LogP contribution in [0, 0.1) is 6.92 Å². The molecule has 22 heavy (non-hydrogen) atoms. The topological polar surface area (TPSA) is 67.4 Å². The summed E-state index contributed by atoms with van der Waals surface area (Å²) in [5.74, 6) is -0.156. The van der Waals surface area contributed by atoms with E-state index in [1.165, 1.54) is 0 Å². The first kappa shape index (κ1) is 15.6. The van der Waals surface area contributed by atoms with Gasteiger partial charge in [-0.2, -0.15) is 0 Å². The number of benzene rings is 2. The lowest BCUT2D eigenvalue weighted by Crippen LogP contribution is -2.41. The van der Waals surface area contributed by atoms with Crippen molar-refractivity contribution in [3.8, 4) is 5.75 Å². The lowest BCUT2D eigenvalue weighted by molar-refractivity contribution is 0.0846. The summed E-state index contributed by atoms with van der Waals surface area (Å²) >= 11 is 0. The molecule has 0 fully saturated rings. The molecule has 5 heteroatoms. The first-order valence-electron chi connectivity index (χ1n) is 7.00. The number of nitrogens with one attached hydrogen (secondary N) is 2. The van der Waals surface area contributed by atoms with Gasteiger partial charge in [-0.25, -0.2) is 0 Å². The molecule has 0 radical (unpaired) electrons. The van der Waals surface area contributed by atoms with Gasteiger partial charge in [0.1, 0.15) is 5.75 Å². The zero-order chi connectivity index (χ0) is 15.9. The van der Waals surface area contributed by atoms with Crippen LogP contribution in [0.15, 0.2) is 48.5 Å². The number of aryl methyl sites for hydroxylation is 1. The fraction of sp³-hybridized carbons (Fsp3) is 0.176. The molecule has 0 atom stereocenters. The van der Waals surface area contributed by atoms with Crippen LogP contribution < -0.4 is 15.6 Å². The number of ether oxygens (including phenoxy) is 1. The molecular weight excluding hydrogens is 280 g/mol. The van der Waals surface area contributed by atoms with Gasteiger partial charge in [-0.05, 0) is 44.2 Å². The second-order valence-corrected chi connectivity index (χ2v) is 4.74. The molecule has 0 heterocycles. The number of rotatable bonds is 4. The second kappa shape index (κ2) is 7.26. The van der Waals surface area contributed by atoms with E-state index in [4.69, 9.17) is 4.74 Å². The van der Waals surface area contributed by atoms with E-state index in [0.29, 0.717) is 23.5 Å². The predicted molar refractivity (Wildman–Crippen MR) is 83.7 cm³/mol. The van der Waals surface area contributed by atoms with Gasteiger partial charge < -0.3 is 4.74 Å². The minimum atomic E-state index is -0.401. The summed E-state index contributed by atoms with van der Waals surface area (Å²) in [6.45, 7) is 4.33. The molecule has 0 saturated heterocycles. The Morgan fingerprint density at radius 1 is 0.955 bits per heavy atom. The second-order valence-electron chi connectivity index (χ2n) is 4.74. The SMILES string of the molecule is CCOc1cccc(C(=O)NNC(=O)c2ccc(C)cc2)c1. The Kier molecular flexibility index (Phi) is 5.14. The molecular formula is C17H18N2O3. The van der Waals surface area contributed by atoms with Crippen molar-refractivity contribution >= 4 is 11.8 Å². The molecule has 0 bridgehead atoms. The molecule has 2 rings (SSSR count). The van der Waals surface area contributed by atoms with Crippen LogP contribution in [0.25, 0.3) is 0 Å². The van der Waals surface area contributed by atoms with Crippen molar-refractivity contribution in [1.29, 1.82) is 0 Å². The number of hydrogen-bond acceptors (Lipinski definition) is 3. The first-order chi connectivity index (χ1) is 10.6. The van der Waals surface area contributed by atoms with Crippen LogP contribution in [0.5, 0.6) is 5.75 Å². The van der Waals surface area contributed by atoms with Crippen molar-refractivity contribution in [3.63, 3.8) is 0 Å². The molecule has 5 nitrogen and oxygen atoms in total. The van der Waals surface area contributed by atoms with Crippen molar-refractivity contribution < 1.29 is 14.3 Å². The minimum absolute atomic E-state index is 0.366. The average molecular weight is 298 g/mol. The molecule has 0 aromatic heterocycles. The summed E-state index contributed by atoms with van der Waals surface area (Å²) < 4.78 is 5.34. The van der Waals surface area contributed by atoms with E-state index >= 15 is 0 Å². The summed E-state index contributed by atoms with van der Waals surface area (Å²) in [6.07, 6.45) is 0. The normalized spacial score (nSPS) is 9.91. The maximum atomic E-state index is 12.0. The molecule has 2 aromatic carbocycles. The van der Waals surface area contributed by atoms with E-state index < -0.39 is 5.91 Å². The van der Waals surface area contributed by atoms with Crippen molar-refractivity contribution in [3.05, 3.63) is 65.2 Å². The highest BCUT2D eigenvalue weighted by Gasteiger charge is 2.09. The number of amides is 2. The quantitative estimate of drug-likeness (QED) is 0.852. The first-order valence-corrected chi connectivity index (χ1v) is 7.00. The Labute approximate surface area is 129 Å². The van der Waals surface area contributed by atoms with Gasteiger partial charge in [0.2, 0.25) is 0 Å². The summed E-state index contributed by atoms with van der Waals surface area (Å²) in [5.41, 5.74) is 6.73. The standard InChI is InChI=1S/C17H18N2O3/c1-3-22-15-6-4-5-14(11-15)17(21)19-18-16(20)13-9-7-12(2)8-10-13/h4-11H,3H2,1-2H3,(H,18,20)(H,19,21). The molecule has 0 aliphatic heterocycles. The molecule has 2 amide bonds. The highest BCUT2D eigenvalue weighted by Crippen LogP contribution is 2.13. The average Bonchev–Trinajstić information content (AvgIpc) is 2.53. The lowest BCUT2D eigenvalue weighted by atomic mass is 10.1. The summed E-state index contributed by atoms with van der Waals surface area (Å²) in [7, 11) is 0. The van der Waals surface area contributed by atoms with Crippen LogP contribution in [0.4, 0.5) is 0 Å². The van der Waals surface area contributed by atoms with Gasteiger partial charge in [-0.1, -0.05) is 23.8 Å². The minimum Gasteiger partial charge on any atom is -0.494 e. The van der Waals surface area contributed by atoms with E-state index in [9.17, 15) is 9.59 Å². The lowest BCUT2D eigenvalue weighted by Gasteiger charge is -2.09. The van der Waals surface area contributed by atoms with Crippen molar-refractivity contribution in [2.75, 3.05) is 6.61 Å². The summed E-state index contributed by atoms with van der Waals surface area (Å²) in [6, 6.07) is 13.8. The number of hydrogen-bond donors (Lipinski definition) is 2. The van der Waals surface area contributed by atoms with Gasteiger partial charge in [0.15, 0.2) is 0 Å². The Bertz CT molecular complexity index is 666. The largest absolute Gasteiger partial charge is 0.494 e. The highest BCUT2D eigenvalue weighted by molar-refractivity contribution is 5.99. The molecule has 2 aromatic rings. The fourth-order valence-corrected chi connectivity index (χ4v) is 1.86. The van der Waals surface area contributed by atoms with E-state index in [1.54, 1.807) is 36.4 Å². The molecule has 0 aliphatic rings. The van der Waals surface area contributed by atoms with Gasteiger partial charge in [-0.3, -0.25) is 20.4 Å². The third kappa shape index (κ3) is 4.09. The fourth-order valence-electron chi connectivity index (χ4n) is 1.86. The van der Waals surface area contributed by atoms with E-state index in [0.717, 1.165) is 5.56 Å². The molecule has 0 aliphatic carbocycles. The highest BCUT2D eigenvalue weighted by atomic mass is 16.5. The van der Waals surface area contributed by atoms with Gasteiger partial charge in [-0.15, -0.1) is 0 Å². The van der Waals surface area contributed by atoms with Gasteiger partial charge in [0, 0.05) is 11.1 Å². The van der Waals surface area contributed by atoms with Crippen LogP contribution in [-0.2, 0) is 0 Å². The van der Waals surface area contributed by atoms with Gasteiger partial charge in [0.05, 0.1) is 6.61 Å². The van der Waals surface area contributed by atoms with Crippen molar-refractivity contribution in [2.24, 2.45) is 0 Å². The number of carbonyl (C=O) groups is 2. The van der Waals surface area contributed by atoms with Gasteiger partial charge >= 0.3 is 0 Å². The predicted octanol–water partition coefficient (Wildman–Crippen LogP) is 2.47. The molecule has 2 N–H and O–H groups in total. The van der Waals surface area contributed by atoms with E-state index in [2.05, 4.69) is 10.9 Å². The van der Waals surface area contributed by atoms with Crippen molar-refractivity contribution in [1.82, 2.24) is 10.9 Å². The van der Waals surface area contributed by atoms with Gasteiger partial charge in [0.25, 0.3) is 11.8 Å². The van der Waals surface area contributed by atoms with Crippen LogP contribution >= 0.6 is 0 Å². The molecule has 114 valence electrons. The van der Waals surface area contributed by atoms with Crippen LogP contribution in [0.3, 0.4) is 0 Å². The molecule has 0 unspecified atom stereocenters. The Morgan fingerprint density at radius 2 is 1.59 bits per heavy atom. The zero-order valence-electron chi connectivity index (χ0n) is 12.6. The van der Waals surface area contributed by atoms with E-state index in [1.807, 2.05) is 26.0 Å². The van der Waals surface area contributed by atoms with Crippen molar-refractivity contribution in [2.45, 2.75) is 13.8 Å². The summed E-state index contributed by atoms with van der Waals surface area (Å²) in [5, 5.41) is 0. The van der Waals surface area contributed by atoms with E-state index in [-0.39, 0.29) is 5.91 Å². The van der Waals surface area contributed by atoms with Crippen LogP contribution in [0.1, 0.15) is 33.2 Å². The zero-order valence-corrected chi connectivity index (χ0v) is 12.6. The third-order valence-electron chi connectivity index (χ3n) is 3.01. The smallest absolute Gasteiger partial charge is 0.269 e. The Balaban J connectivity index is 1.96. The Hall–Kier alpha value is -2.82.